The largest absolute Gasteiger partial charge is 0.305 e. The van der Waals surface area contributed by atoms with Crippen LogP contribution in [0.5, 0.6) is 0 Å². The summed E-state index contributed by atoms with van der Waals surface area (Å²) in [6, 6.07) is 36.6. The number of pyridine rings is 1. The van der Waals surface area contributed by atoms with Crippen LogP contribution in [0.25, 0.3) is 44.6 Å². The summed E-state index contributed by atoms with van der Waals surface area (Å²) in [4.78, 5) is 4.52. The molecule has 0 unspecified atom stereocenters. The second kappa shape index (κ2) is 8.35. The average Bonchev–Trinajstić information content (AvgIpc) is 3.27. The van der Waals surface area contributed by atoms with Gasteiger partial charge in [-0.2, -0.15) is 0 Å². The van der Waals surface area contributed by atoms with Crippen molar-refractivity contribution in [1.29, 1.82) is 0 Å². The molecule has 37 heavy (non-hydrogen) atoms. The molecule has 0 aliphatic heterocycles. The Bertz CT molecular complexity index is 1680. The summed E-state index contributed by atoms with van der Waals surface area (Å²) in [6.45, 7) is 9.47. The van der Waals surface area contributed by atoms with Gasteiger partial charge in [0, 0.05) is 37.1 Å². The first-order chi connectivity index (χ1) is 17.4. The van der Waals surface area contributed by atoms with Crippen LogP contribution in [0, 0.1) is 6.07 Å². The Morgan fingerprint density at radius 3 is 1.92 bits per heavy atom. The Morgan fingerprint density at radius 2 is 1.19 bits per heavy atom. The molecule has 1 heterocycles. The van der Waals surface area contributed by atoms with E-state index in [-0.39, 0.29) is 30.9 Å². The Kier molecular flexibility index (Phi) is 5.42. The molecule has 4 aromatic carbocycles. The SMILES string of the molecule is CC1(C)c2ccccc2-c2cc3c(cc21)-c1ccc(-c2cc[c-]c(-c4ccccn4)c2)cc1C3(C)C.[Ir]. The van der Waals surface area contributed by atoms with E-state index in [2.05, 4.69) is 105 Å². The molecule has 1 nitrogen and oxygen atoms in total. The molecule has 2 aliphatic rings. The van der Waals surface area contributed by atoms with Gasteiger partial charge >= 0.3 is 0 Å². The van der Waals surface area contributed by atoms with Crippen LogP contribution in [0.3, 0.4) is 0 Å². The van der Waals surface area contributed by atoms with Gasteiger partial charge in [-0.25, -0.2) is 0 Å². The van der Waals surface area contributed by atoms with E-state index in [4.69, 9.17) is 0 Å². The van der Waals surface area contributed by atoms with Crippen molar-refractivity contribution >= 4 is 0 Å². The molecule has 0 saturated carbocycles. The van der Waals surface area contributed by atoms with E-state index >= 15 is 0 Å². The van der Waals surface area contributed by atoms with Gasteiger partial charge < -0.3 is 4.98 Å². The minimum atomic E-state index is -0.0674. The number of hydrogen-bond acceptors (Lipinski definition) is 1. The maximum atomic E-state index is 4.52. The summed E-state index contributed by atoms with van der Waals surface area (Å²) in [6.07, 6.45) is 1.84. The van der Waals surface area contributed by atoms with E-state index in [0.717, 1.165) is 11.3 Å². The predicted octanol–water partition coefficient (Wildman–Crippen LogP) is 8.83. The van der Waals surface area contributed by atoms with E-state index < -0.39 is 0 Å². The molecule has 2 heteroatoms. The standard InChI is InChI=1S/C35H28N.Ir/c1-34(2)29-13-6-5-12-25(29)27-20-32-28(21-31(27)34)26-16-15-23(19-30(26)35(32,3)4)22-10-9-11-24(18-22)33-14-7-8-17-36-33;/h5-10,12-21H,1-4H3;/q-1;. The number of benzene rings is 4. The number of aromatic nitrogens is 1. The third kappa shape index (κ3) is 3.43. The molecule has 0 spiro atoms. The van der Waals surface area contributed by atoms with Crippen molar-refractivity contribution in [1.82, 2.24) is 4.98 Å². The van der Waals surface area contributed by atoms with Gasteiger partial charge in [-0.15, -0.1) is 35.4 Å². The minimum Gasteiger partial charge on any atom is -0.305 e. The Labute approximate surface area is 233 Å². The van der Waals surface area contributed by atoms with Crippen LogP contribution in [-0.4, -0.2) is 4.98 Å². The molecule has 183 valence electrons. The second-order valence-electron chi connectivity index (χ2n) is 11.2. The zero-order valence-electron chi connectivity index (χ0n) is 21.5. The molecular formula is C35H28IrN-. The molecule has 0 N–H and O–H groups in total. The van der Waals surface area contributed by atoms with Gasteiger partial charge in [0.05, 0.1) is 0 Å². The van der Waals surface area contributed by atoms with Crippen molar-refractivity contribution < 1.29 is 20.1 Å². The molecule has 0 fully saturated rings. The minimum absolute atomic E-state index is 0. The van der Waals surface area contributed by atoms with Crippen molar-refractivity contribution in [2.75, 3.05) is 0 Å². The van der Waals surface area contributed by atoms with Crippen LogP contribution in [0.2, 0.25) is 0 Å². The van der Waals surface area contributed by atoms with Crippen molar-refractivity contribution in [3.05, 3.63) is 126 Å². The molecule has 1 aromatic heterocycles. The number of rotatable bonds is 2. The van der Waals surface area contributed by atoms with Crippen LogP contribution in [0.1, 0.15) is 49.9 Å². The third-order valence-electron chi connectivity index (χ3n) is 8.45. The summed E-state index contributed by atoms with van der Waals surface area (Å²) in [5.74, 6) is 0. The average molecular weight is 655 g/mol. The monoisotopic (exact) mass is 655 g/mol. The Hall–Kier alpha value is -3.32. The Balaban J connectivity index is 0.00000252. The van der Waals surface area contributed by atoms with Gasteiger partial charge in [0.1, 0.15) is 0 Å². The summed E-state index contributed by atoms with van der Waals surface area (Å²) in [5, 5.41) is 0. The third-order valence-corrected chi connectivity index (χ3v) is 8.45. The van der Waals surface area contributed by atoms with Crippen molar-refractivity contribution in [2.24, 2.45) is 0 Å². The second-order valence-corrected chi connectivity index (χ2v) is 11.2. The van der Waals surface area contributed by atoms with Crippen molar-refractivity contribution in [3.8, 4) is 44.6 Å². The fourth-order valence-electron chi connectivity index (χ4n) is 6.42. The van der Waals surface area contributed by atoms with Crippen LogP contribution >= 0.6 is 0 Å². The van der Waals surface area contributed by atoms with E-state index in [0.29, 0.717) is 0 Å². The Morgan fingerprint density at radius 1 is 0.568 bits per heavy atom. The molecule has 1 radical (unpaired) electrons. The van der Waals surface area contributed by atoms with Crippen LogP contribution < -0.4 is 0 Å². The predicted molar refractivity (Wildman–Crippen MR) is 149 cm³/mol. The maximum Gasteiger partial charge on any atom is 0.0160 e. The van der Waals surface area contributed by atoms with E-state index in [1.165, 1.54) is 55.6 Å². The topological polar surface area (TPSA) is 12.9 Å². The van der Waals surface area contributed by atoms with Gasteiger partial charge in [0.15, 0.2) is 0 Å². The van der Waals surface area contributed by atoms with Crippen molar-refractivity contribution in [3.63, 3.8) is 0 Å². The quantitative estimate of drug-likeness (QED) is 0.174. The van der Waals surface area contributed by atoms with Crippen molar-refractivity contribution in [2.45, 2.75) is 38.5 Å². The molecule has 0 saturated heterocycles. The van der Waals surface area contributed by atoms with Gasteiger partial charge in [-0.05, 0) is 74.0 Å². The molecule has 0 amide bonds. The summed E-state index contributed by atoms with van der Waals surface area (Å²) < 4.78 is 0. The molecular weight excluding hydrogens is 627 g/mol. The van der Waals surface area contributed by atoms with E-state index in [9.17, 15) is 0 Å². The summed E-state index contributed by atoms with van der Waals surface area (Å²) in [5.41, 5.74) is 15.6. The molecule has 0 atom stereocenters. The molecule has 2 aliphatic carbocycles. The van der Waals surface area contributed by atoms with Gasteiger partial charge in [-0.1, -0.05) is 82.3 Å². The van der Waals surface area contributed by atoms with Crippen LogP contribution in [0.15, 0.2) is 97.2 Å². The summed E-state index contributed by atoms with van der Waals surface area (Å²) in [7, 11) is 0. The van der Waals surface area contributed by atoms with Crippen LogP contribution in [0.4, 0.5) is 0 Å². The fraction of sp³-hybridized carbons (Fsp3) is 0.171. The summed E-state index contributed by atoms with van der Waals surface area (Å²) >= 11 is 0. The fourth-order valence-corrected chi connectivity index (χ4v) is 6.42. The van der Waals surface area contributed by atoms with Crippen LogP contribution in [-0.2, 0) is 30.9 Å². The molecule has 5 aromatic rings. The van der Waals surface area contributed by atoms with E-state index in [1.54, 1.807) is 0 Å². The number of fused-ring (bicyclic) bond motifs is 6. The molecule has 0 bridgehead atoms. The van der Waals surface area contributed by atoms with Gasteiger partial charge in [0.2, 0.25) is 0 Å². The molecule has 7 rings (SSSR count). The number of hydrogen-bond donors (Lipinski definition) is 0. The zero-order valence-corrected chi connectivity index (χ0v) is 23.9. The number of nitrogens with zero attached hydrogens (tertiary/aromatic N) is 1. The normalized spacial score (nSPS) is 15.2. The zero-order chi connectivity index (χ0) is 24.7. The first-order valence-corrected chi connectivity index (χ1v) is 12.7. The first kappa shape index (κ1) is 24.0. The maximum absolute atomic E-state index is 4.52. The first-order valence-electron chi connectivity index (χ1n) is 12.7. The van der Waals surface area contributed by atoms with Gasteiger partial charge in [-0.3, -0.25) is 0 Å². The van der Waals surface area contributed by atoms with Gasteiger partial charge in [0.25, 0.3) is 0 Å². The van der Waals surface area contributed by atoms with E-state index in [1.807, 2.05) is 30.5 Å². The smallest absolute Gasteiger partial charge is 0.0160 e.